The molecule has 0 unspecified atom stereocenters. The molecule has 10 rings (SSSR count). The summed E-state index contributed by atoms with van der Waals surface area (Å²) in [5.74, 6) is -2.91. The molecular formula is C64H69ClN12O12S. The van der Waals surface area contributed by atoms with Crippen molar-refractivity contribution in [2.24, 2.45) is 11.7 Å². The summed E-state index contributed by atoms with van der Waals surface area (Å²) in [5, 5.41) is 18.2. The minimum Gasteiger partial charge on any atom is -0.445 e. The Morgan fingerprint density at radius 1 is 0.756 bits per heavy atom. The summed E-state index contributed by atoms with van der Waals surface area (Å²) in [5.41, 5.74) is 11.5. The van der Waals surface area contributed by atoms with Crippen LogP contribution in [0.15, 0.2) is 102 Å². The third-order valence-electron chi connectivity index (χ3n) is 16.1. The average Bonchev–Trinajstić information content (AvgIpc) is 1.72. The number of nitrogens with zero attached hydrogens (tertiary/aromatic N) is 4. The van der Waals surface area contributed by atoms with Gasteiger partial charge in [-0.15, -0.1) is 22.9 Å². The first-order valence-electron chi connectivity index (χ1n) is 29.7. The lowest BCUT2D eigenvalue weighted by atomic mass is 9.97. The second-order valence-electron chi connectivity index (χ2n) is 22.7. The highest BCUT2D eigenvalue weighted by Crippen LogP contribution is 2.49. The number of ether oxygens (including phenoxy) is 2. The number of piperazine rings is 1. The van der Waals surface area contributed by atoms with E-state index >= 15 is 0 Å². The van der Waals surface area contributed by atoms with Crippen LogP contribution in [0.1, 0.15) is 96.0 Å². The summed E-state index contributed by atoms with van der Waals surface area (Å²) in [7, 11) is 0. The van der Waals surface area contributed by atoms with E-state index in [1.165, 1.54) is 33.3 Å². The van der Waals surface area contributed by atoms with Crippen LogP contribution in [0.5, 0.6) is 5.75 Å². The van der Waals surface area contributed by atoms with Crippen molar-refractivity contribution in [1.29, 1.82) is 0 Å². The van der Waals surface area contributed by atoms with Crippen molar-refractivity contribution in [2.75, 3.05) is 67.2 Å². The molecule has 0 radical (unpaired) electrons. The Morgan fingerprint density at radius 2 is 1.44 bits per heavy atom. The smallest absolute Gasteiger partial charge is 0.415 e. The van der Waals surface area contributed by atoms with E-state index in [4.69, 9.17) is 26.8 Å². The number of carbonyl (C=O) groups excluding carboxylic acids is 10. The summed E-state index contributed by atoms with van der Waals surface area (Å²) >= 11 is 8.05. The molecule has 1 fully saturated rings. The number of thiophene rings is 1. The zero-order valence-corrected chi connectivity index (χ0v) is 51.4. The number of fused-ring (bicyclic) bond motifs is 5. The Bertz CT molecular complexity index is 3910. The quantitative estimate of drug-likeness (QED) is 0.0170. The topological polar surface area (TPSA) is 320 Å². The van der Waals surface area contributed by atoms with Crippen molar-refractivity contribution in [1.82, 2.24) is 40.6 Å². The van der Waals surface area contributed by atoms with Crippen LogP contribution in [0, 0.1) is 12.8 Å². The molecule has 7 aromatic rings. The molecule has 0 saturated carbocycles. The minimum absolute atomic E-state index is 0.101. The van der Waals surface area contributed by atoms with Gasteiger partial charge < -0.3 is 66.5 Å². The van der Waals surface area contributed by atoms with Crippen molar-refractivity contribution in [3.05, 3.63) is 131 Å². The number of carbonyl (C=O) groups is 10. The molecule has 11 amide bonds. The lowest BCUT2D eigenvalue weighted by molar-refractivity contribution is -0.137. The van der Waals surface area contributed by atoms with Crippen molar-refractivity contribution in [3.8, 4) is 5.75 Å². The van der Waals surface area contributed by atoms with Crippen LogP contribution in [0.25, 0.3) is 31.9 Å². The Kier molecular flexibility index (Phi) is 19.8. The van der Waals surface area contributed by atoms with Crippen LogP contribution in [-0.2, 0) is 35.3 Å². The van der Waals surface area contributed by atoms with Crippen LogP contribution >= 0.6 is 22.9 Å². The van der Waals surface area contributed by atoms with Gasteiger partial charge >= 0.3 is 18.2 Å². The number of anilines is 3. The molecule has 4 aromatic carbocycles. The number of halogens is 1. The maximum Gasteiger partial charge on any atom is 0.415 e. The van der Waals surface area contributed by atoms with Crippen molar-refractivity contribution < 1.29 is 57.4 Å². The highest BCUT2D eigenvalue weighted by Gasteiger charge is 2.38. The van der Waals surface area contributed by atoms with Crippen LogP contribution in [0.2, 0.25) is 0 Å². The predicted octanol–water partition coefficient (Wildman–Crippen LogP) is 8.36. The number of hydrogen-bond donors (Lipinski definition) is 8. The number of amides is 11. The van der Waals surface area contributed by atoms with Gasteiger partial charge in [0.1, 0.15) is 30.1 Å². The number of H-pyrrole nitrogens is 2. The Balaban J connectivity index is 0.706. The number of para-hydroxylation sites is 1. The highest BCUT2D eigenvalue weighted by molar-refractivity contribution is 7.17. The first-order valence-corrected chi connectivity index (χ1v) is 31.1. The molecule has 90 heavy (non-hydrogen) atoms. The molecule has 26 heteroatoms. The number of nitrogens with two attached hydrogens (primary N) is 1. The number of benzene rings is 4. The van der Waals surface area contributed by atoms with Crippen molar-refractivity contribution >= 4 is 131 Å². The number of rotatable bonds is 23. The van der Waals surface area contributed by atoms with Gasteiger partial charge in [0.25, 0.3) is 23.6 Å². The van der Waals surface area contributed by atoms with Gasteiger partial charge in [-0.1, -0.05) is 50.6 Å². The van der Waals surface area contributed by atoms with E-state index in [2.05, 4.69) is 36.6 Å². The number of nitrogens with one attached hydrogen (secondary N) is 7. The number of unbranched alkanes of at least 4 members (excludes halogenated alkanes) is 2. The number of aromatic amines is 2. The average molecular weight is 1270 g/mol. The molecule has 470 valence electrons. The van der Waals surface area contributed by atoms with E-state index in [-0.39, 0.29) is 125 Å². The van der Waals surface area contributed by atoms with E-state index in [0.717, 1.165) is 37.0 Å². The zero-order valence-electron chi connectivity index (χ0n) is 49.8. The van der Waals surface area contributed by atoms with Gasteiger partial charge in [0, 0.05) is 121 Å². The molecule has 6 heterocycles. The third-order valence-corrected chi connectivity index (χ3v) is 17.5. The van der Waals surface area contributed by atoms with Gasteiger partial charge in [-0.2, -0.15) is 0 Å². The predicted molar refractivity (Wildman–Crippen MR) is 341 cm³/mol. The van der Waals surface area contributed by atoms with Crippen molar-refractivity contribution in [3.63, 3.8) is 0 Å². The molecule has 3 aliphatic heterocycles. The lowest BCUT2D eigenvalue weighted by Gasteiger charge is -2.33. The van der Waals surface area contributed by atoms with Gasteiger partial charge in [-0.25, -0.2) is 14.4 Å². The van der Waals surface area contributed by atoms with Crippen molar-refractivity contribution in [2.45, 2.75) is 83.9 Å². The van der Waals surface area contributed by atoms with E-state index < -0.39 is 42.1 Å². The molecule has 0 aliphatic carbocycles. The molecule has 24 nitrogen and oxygen atoms in total. The number of aryl methyl sites for hydroxylation is 1. The number of imide groups is 1. The number of primary amides is 1. The molecule has 3 aromatic heterocycles. The van der Waals surface area contributed by atoms with Gasteiger partial charge in [0.15, 0.2) is 5.75 Å². The Morgan fingerprint density at radius 3 is 2.16 bits per heavy atom. The second kappa shape index (κ2) is 28.2. The Labute approximate surface area is 526 Å². The monoisotopic (exact) mass is 1260 g/mol. The lowest BCUT2D eigenvalue weighted by Crippen LogP contribution is -2.54. The summed E-state index contributed by atoms with van der Waals surface area (Å²) < 4.78 is 12.6. The Hall–Kier alpha value is -9.75. The molecule has 9 N–H and O–H groups in total. The van der Waals surface area contributed by atoms with E-state index in [1.54, 1.807) is 79.4 Å². The van der Waals surface area contributed by atoms with Gasteiger partial charge in [0.2, 0.25) is 17.7 Å². The third kappa shape index (κ3) is 14.7. The second-order valence-corrected chi connectivity index (χ2v) is 23.9. The number of urea groups is 1. The highest BCUT2D eigenvalue weighted by atomic mass is 35.5. The standard InChI is InChI=1S/C64H69ClN12O12S/c1-36(2)56(73-51(78)13-5-4-8-23-76-52(79)20-21-53(76)80)60(83)72-46(12-9-22-67-62(66)85)58(81)68-42-16-14-38(15-17-42)34-88-63(86)74-24-26-75(27-25-74)64(87)89-50-31-49-55(54-37(3)35-90-57(50)54)41(32-65)33-77(49)61(84)48-30-40-28-43(18-19-45(40)71-48)69-59(82)47-29-39-10-6-7-11-44(39)70-47/h6-7,10-11,14-21,28-31,35-36,41,46,56,70-71H,4-5,8-9,12-13,22-27,32-34H2,1-3H3,(H,68,81)(H,69,82)(H,72,83)(H,73,78)(H3,66,67,85)/t41-,46+,56+/m1/s1. The van der Waals surface area contributed by atoms with E-state index in [9.17, 15) is 47.9 Å². The summed E-state index contributed by atoms with van der Waals surface area (Å²) in [4.78, 5) is 143. The normalized spacial score (nSPS) is 15.3. The largest absolute Gasteiger partial charge is 0.445 e. The van der Waals surface area contributed by atoms with E-state index in [0.29, 0.717) is 64.2 Å². The van der Waals surface area contributed by atoms with Gasteiger partial charge in [-0.3, -0.25) is 38.5 Å². The summed E-state index contributed by atoms with van der Waals surface area (Å²) in [6.45, 7) is 6.67. The van der Waals surface area contributed by atoms with Crippen LogP contribution in [0.3, 0.4) is 0 Å². The zero-order chi connectivity index (χ0) is 63.8. The van der Waals surface area contributed by atoms with Crippen LogP contribution in [0.4, 0.5) is 31.4 Å². The fourth-order valence-electron chi connectivity index (χ4n) is 11.3. The number of aromatic nitrogens is 2. The molecule has 3 atom stereocenters. The van der Waals surface area contributed by atoms with E-state index in [1.807, 2.05) is 36.6 Å². The maximum atomic E-state index is 14.5. The van der Waals surface area contributed by atoms with Gasteiger partial charge in [0.05, 0.1) is 10.4 Å². The molecule has 3 aliphatic rings. The molecule has 1 saturated heterocycles. The fraction of sp³-hybridized carbons (Fsp3) is 0.344. The number of alkyl halides is 1. The molecule has 0 spiro atoms. The fourth-order valence-corrected chi connectivity index (χ4v) is 12.5. The summed E-state index contributed by atoms with van der Waals surface area (Å²) in [6, 6.07) is 22.0. The SMILES string of the molecule is Cc1csc2c(OC(=O)N3CCN(C(=O)OCc4ccc(NC(=O)[C@H](CCCNC(N)=O)NC(=O)[C@@H](NC(=O)CCCCCN5C(=O)C=CC5=O)C(C)C)cc4)CC3)cc3c(c12)[C@H](CCl)CN3C(=O)c1cc2cc(NC(=O)c3cc4ccccc4[nH]3)ccc2[nH]1. The van der Waals surface area contributed by atoms with Crippen LogP contribution in [-0.4, -0.2) is 148 Å². The molecule has 0 bridgehead atoms. The summed E-state index contributed by atoms with van der Waals surface area (Å²) in [6.07, 6.45) is 3.25. The first kappa shape index (κ1) is 63.3. The first-order chi connectivity index (χ1) is 43.3. The molecular weight excluding hydrogens is 1200 g/mol. The number of hydrogen-bond acceptors (Lipinski definition) is 13. The minimum atomic E-state index is -1.08. The maximum absolute atomic E-state index is 14.5. The van der Waals surface area contributed by atoms with Gasteiger partial charge in [-0.05, 0) is 109 Å². The van der Waals surface area contributed by atoms with Crippen LogP contribution < -0.4 is 42.0 Å².